The molecule has 0 heterocycles. The molecule has 0 radical (unpaired) electrons. The Morgan fingerprint density at radius 2 is 1.89 bits per heavy atom. The zero-order chi connectivity index (χ0) is 13.7. The average Bonchev–Trinajstić information content (AvgIpc) is 2.46. The molecule has 19 heavy (non-hydrogen) atoms. The van der Waals surface area contributed by atoms with Crippen molar-refractivity contribution < 1.29 is 4.74 Å². The van der Waals surface area contributed by atoms with Crippen LogP contribution in [0.1, 0.15) is 12.5 Å². The molecular formula is C15H17N3O. The van der Waals surface area contributed by atoms with Crippen molar-refractivity contribution >= 4 is 17.1 Å². The smallest absolute Gasteiger partial charge is 0.119 e. The van der Waals surface area contributed by atoms with Crippen LogP contribution in [0.5, 0.6) is 5.75 Å². The second-order valence-electron chi connectivity index (χ2n) is 4.13. The van der Waals surface area contributed by atoms with E-state index >= 15 is 0 Å². The number of benzene rings is 2. The van der Waals surface area contributed by atoms with Crippen LogP contribution < -0.4 is 15.9 Å². The van der Waals surface area contributed by atoms with E-state index < -0.39 is 0 Å². The molecule has 3 N–H and O–H groups in total. The summed E-state index contributed by atoms with van der Waals surface area (Å²) in [6.45, 7) is 1.90. The van der Waals surface area contributed by atoms with Crippen molar-refractivity contribution in [2.75, 3.05) is 18.3 Å². The van der Waals surface area contributed by atoms with Gasteiger partial charge in [0.2, 0.25) is 0 Å². The lowest BCUT2D eigenvalue weighted by Gasteiger charge is -2.08. The molecule has 0 spiro atoms. The van der Waals surface area contributed by atoms with Crippen molar-refractivity contribution in [3.63, 3.8) is 0 Å². The van der Waals surface area contributed by atoms with Crippen LogP contribution in [0.25, 0.3) is 0 Å². The summed E-state index contributed by atoms with van der Waals surface area (Å²) in [5.41, 5.74) is 12.2. The van der Waals surface area contributed by atoms with Gasteiger partial charge in [-0.3, -0.25) is 5.43 Å². The number of anilines is 2. The first kappa shape index (κ1) is 13.0. The minimum absolute atomic E-state index is 0.678. The number of nitrogen functional groups attached to an aromatic ring is 1. The molecule has 0 aliphatic rings. The van der Waals surface area contributed by atoms with Gasteiger partial charge in [-0.25, -0.2) is 0 Å². The first-order chi connectivity index (χ1) is 9.20. The van der Waals surface area contributed by atoms with E-state index in [1.165, 1.54) is 0 Å². The third kappa shape index (κ3) is 3.25. The van der Waals surface area contributed by atoms with E-state index in [2.05, 4.69) is 10.5 Å². The van der Waals surface area contributed by atoms with E-state index in [-0.39, 0.29) is 0 Å². The third-order valence-electron chi connectivity index (χ3n) is 2.78. The zero-order valence-corrected chi connectivity index (χ0v) is 11.1. The SMILES string of the molecule is COc1ccc(N)c(/C(C)=N/Nc2ccccc2)c1. The molecule has 0 aromatic heterocycles. The Balaban J connectivity index is 2.21. The topological polar surface area (TPSA) is 59.6 Å². The number of nitrogens with zero attached hydrogens (tertiary/aromatic N) is 1. The van der Waals surface area contributed by atoms with Gasteiger partial charge in [0.25, 0.3) is 0 Å². The number of nitrogens with two attached hydrogens (primary N) is 1. The number of methoxy groups -OCH3 is 1. The second kappa shape index (κ2) is 5.91. The molecule has 2 aromatic carbocycles. The first-order valence-electron chi connectivity index (χ1n) is 6.00. The number of para-hydroxylation sites is 1. The van der Waals surface area contributed by atoms with Gasteiger partial charge in [-0.1, -0.05) is 18.2 Å². The standard InChI is InChI=1S/C15H17N3O/c1-11(17-18-12-6-4-3-5-7-12)14-10-13(19-2)8-9-15(14)16/h3-10,18H,16H2,1-2H3/b17-11+. The highest BCUT2D eigenvalue weighted by molar-refractivity contribution is 6.03. The van der Waals surface area contributed by atoms with Crippen molar-refractivity contribution in [3.05, 3.63) is 54.1 Å². The van der Waals surface area contributed by atoms with Gasteiger partial charge in [0.1, 0.15) is 5.75 Å². The Bertz CT molecular complexity index is 579. The van der Waals surface area contributed by atoms with Crippen LogP contribution in [0, 0.1) is 0 Å². The van der Waals surface area contributed by atoms with Gasteiger partial charge in [0, 0.05) is 11.3 Å². The lowest BCUT2D eigenvalue weighted by atomic mass is 10.1. The summed E-state index contributed by atoms with van der Waals surface area (Å²) >= 11 is 0. The van der Waals surface area contributed by atoms with Crippen LogP contribution in [0.2, 0.25) is 0 Å². The second-order valence-corrected chi connectivity index (χ2v) is 4.13. The Kier molecular flexibility index (Phi) is 4.03. The number of nitrogens with one attached hydrogen (secondary N) is 1. The molecule has 4 nitrogen and oxygen atoms in total. The lowest BCUT2D eigenvalue weighted by Crippen LogP contribution is -2.04. The fourth-order valence-electron chi connectivity index (χ4n) is 1.70. The van der Waals surface area contributed by atoms with E-state index in [4.69, 9.17) is 10.5 Å². The molecule has 0 saturated carbocycles. The molecule has 2 rings (SSSR count). The molecule has 4 heteroatoms. The quantitative estimate of drug-likeness (QED) is 0.501. The predicted molar refractivity (Wildman–Crippen MR) is 79.7 cm³/mol. The zero-order valence-electron chi connectivity index (χ0n) is 11.1. The predicted octanol–water partition coefficient (Wildman–Crippen LogP) is 3.11. The molecule has 0 saturated heterocycles. The molecule has 0 aliphatic heterocycles. The van der Waals surface area contributed by atoms with E-state index in [1.807, 2.05) is 55.5 Å². The van der Waals surface area contributed by atoms with Crippen molar-refractivity contribution in [2.24, 2.45) is 5.10 Å². The van der Waals surface area contributed by atoms with Crippen LogP contribution in [0.3, 0.4) is 0 Å². The van der Waals surface area contributed by atoms with Crippen LogP contribution >= 0.6 is 0 Å². The summed E-state index contributed by atoms with van der Waals surface area (Å²) in [5.74, 6) is 0.762. The number of rotatable bonds is 4. The minimum Gasteiger partial charge on any atom is -0.497 e. The van der Waals surface area contributed by atoms with E-state index in [0.717, 1.165) is 22.7 Å². The number of hydrogen-bond acceptors (Lipinski definition) is 4. The van der Waals surface area contributed by atoms with Crippen molar-refractivity contribution in [1.82, 2.24) is 0 Å². The monoisotopic (exact) mass is 255 g/mol. The largest absolute Gasteiger partial charge is 0.497 e. The number of hydrazone groups is 1. The molecule has 0 fully saturated rings. The molecule has 0 aliphatic carbocycles. The maximum Gasteiger partial charge on any atom is 0.119 e. The molecule has 0 atom stereocenters. The maximum atomic E-state index is 5.95. The number of ether oxygens (including phenoxy) is 1. The Morgan fingerprint density at radius 3 is 2.58 bits per heavy atom. The van der Waals surface area contributed by atoms with E-state index in [1.54, 1.807) is 7.11 Å². The Labute approximate surface area is 112 Å². The summed E-state index contributed by atoms with van der Waals surface area (Å²) in [4.78, 5) is 0. The third-order valence-corrected chi connectivity index (χ3v) is 2.78. The van der Waals surface area contributed by atoms with Crippen LogP contribution in [-0.2, 0) is 0 Å². The fourth-order valence-corrected chi connectivity index (χ4v) is 1.70. The average molecular weight is 255 g/mol. The highest BCUT2D eigenvalue weighted by atomic mass is 16.5. The van der Waals surface area contributed by atoms with Gasteiger partial charge >= 0.3 is 0 Å². The van der Waals surface area contributed by atoms with Crippen molar-refractivity contribution in [2.45, 2.75) is 6.92 Å². The number of hydrogen-bond donors (Lipinski definition) is 2. The van der Waals surface area contributed by atoms with Crippen LogP contribution in [0.4, 0.5) is 11.4 Å². The van der Waals surface area contributed by atoms with E-state index in [9.17, 15) is 0 Å². The van der Waals surface area contributed by atoms with Gasteiger partial charge in [-0.15, -0.1) is 0 Å². The Morgan fingerprint density at radius 1 is 1.16 bits per heavy atom. The summed E-state index contributed by atoms with van der Waals surface area (Å²) in [5, 5.41) is 4.33. The molecule has 0 unspecified atom stereocenters. The summed E-state index contributed by atoms with van der Waals surface area (Å²) in [7, 11) is 1.63. The highest BCUT2D eigenvalue weighted by Gasteiger charge is 2.05. The normalized spacial score (nSPS) is 11.2. The fraction of sp³-hybridized carbons (Fsp3) is 0.133. The van der Waals surface area contributed by atoms with Gasteiger partial charge in [0.15, 0.2) is 0 Å². The van der Waals surface area contributed by atoms with Gasteiger partial charge in [0.05, 0.1) is 18.5 Å². The first-order valence-corrected chi connectivity index (χ1v) is 6.00. The molecule has 0 amide bonds. The van der Waals surface area contributed by atoms with Crippen LogP contribution in [-0.4, -0.2) is 12.8 Å². The molecule has 0 bridgehead atoms. The summed E-state index contributed by atoms with van der Waals surface area (Å²) < 4.78 is 5.19. The lowest BCUT2D eigenvalue weighted by molar-refractivity contribution is 0.415. The highest BCUT2D eigenvalue weighted by Crippen LogP contribution is 2.20. The summed E-state index contributed by atoms with van der Waals surface area (Å²) in [6, 6.07) is 15.3. The van der Waals surface area contributed by atoms with Gasteiger partial charge in [-0.2, -0.15) is 5.10 Å². The minimum atomic E-state index is 0.678. The van der Waals surface area contributed by atoms with Crippen molar-refractivity contribution in [1.29, 1.82) is 0 Å². The molecule has 98 valence electrons. The maximum absolute atomic E-state index is 5.95. The van der Waals surface area contributed by atoms with Crippen LogP contribution in [0.15, 0.2) is 53.6 Å². The van der Waals surface area contributed by atoms with E-state index in [0.29, 0.717) is 5.69 Å². The van der Waals surface area contributed by atoms with Gasteiger partial charge < -0.3 is 10.5 Å². The van der Waals surface area contributed by atoms with Crippen molar-refractivity contribution in [3.8, 4) is 5.75 Å². The molecular weight excluding hydrogens is 238 g/mol. The van der Waals surface area contributed by atoms with Gasteiger partial charge in [-0.05, 0) is 37.3 Å². The molecule has 2 aromatic rings. The Hall–Kier alpha value is -2.49. The summed E-state index contributed by atoms with van der Waals surface area (Å²) in [6.07, 6.45) is 0.